The summed E-state index contributed by atoms with van der Waals surface area (Å²) in [5, 5.41) is 4.71. The van der Waals surface area contributed by atoms with Gasteiger partial charge in [0.2, 0.25) is 0 Å². The summed E-state index contributed by atoms with van der Waals surface area (Å²) in [6.07, 6.45) is 3.41. The Morgan fingerprint density at radius 2 is 1.63 bits per heavy atom. The maximum Gasteiger partial charge on any atom is 0.412 e. The van der Waals surface area contributed by atoms with Crippen LogP contribution in [0.25, 0.3) is 22.0 Å². The predicted molar refractivity (Wildman–Crippen MR) is 123 cm³/mol. The van der Waals surface area contributed by atoms with E-state index in [1.807, 2.05) is 36.4 Å². The molecule has 0 aliphatic carbocycles. The number of aryl methyl sites for hydroxylation is 1. The number of amides is 1. The SMILES string of the molecule is CCCN(CCC)CCNC(=O)Oc1cnc(-c2ccccc2C)c2ccccc12. The number of fused-ring (bicyclic) bond motifs is 1. The van der Waals surface area contributed by atoms with E-state index in [1.165, 1.54) is 0 Å². The zero-order valence-electron chi connectivity index (χ0n) is 18.1. The van der Waals surface area contributed by atoms with Crippen molar-refractivity contribution >= 4 is 16.9 Å². The predicted octanol–water partition coefficient (Wildman–Crippen LogP) is 5.42. The Labute approximate surface area is 179 Å². The average Bonchev–Trinajstić information content (AvgIpc) is 2.75. The maximum absolute atomic E-state index is 12.4. The van der Waals surface area contributed by atoms with Crippen LogP contribution in [0.2, 0.25) is 0 Å². The molecule has 1 aromatic heterocycles. The first-order valence-electron chi connectivity index (χ1n) is 10.8. The summed E-state index contributed by atoms with van der Waals surface area (Å²) in [5.74, 6) is 0.472. The Morgan fingerprint density at radius 3 is 2.33 bits per heavy atom. The number of carbonyl (C=O) groups excluding carboxylic acids is 1. The van der Waals surface area contributed by atoms with Gasteiger partial charge in [-0.05, 0) is 38.4 Å². The number of pyridine rings is 1. The lowest BCUT2D eigenvalue weighted by atomic mass is 10.00. The van der Waals surface area contributed by atoms with Crippen molar-refractivity contribution in [1.82, 2.24) is 15.2 Å². The fourth-order valence-corrected chi connectivity index (χ4v) is 3.72. The molecular formula is C25H31N3O2. The lowest BCUT2D eigenvalue weighted by Gasteiger charge is -2.20. The van der Waals surface area contributed by atoms with Gasteiger partial charge >= 0.3 is 6.09 Å². The average molecular weight is 406 g/mol. The van der Waals surface area contributed by atoms with Crippen LogP contribution in [0.5, 0.6) is 5.75 Å². The molecule has 5 nitrogen and oxygen atoms in total. The van der Waals surface area contributed by atoms with E-state index < -0.39 is 6.09 Å². The van der Waals surface area contributed by atoms with Crippen LogP contribution in [0.3, 0.4) is 0 Å². The second-order valence-electron chi connectivity index (χ2n) is 7.49. The molecule has 0 aliphatic rings. The highest BCUT2D eigenvalue weighted by atomic mass is 16.6. The van der Waals surface area contributed by atoms with Gasteiger partial charge in [0.1, 0.15) is 0 Å². The van der Waals surface area contributed by atoms with Crippen molar-refractivity contribution in [2.75, 3.05) is 26.2 Å². The summed E-state index contributed by atoms with van der Waals surface area (Å²) in [6.45, 7) is 9.88. The molecule has 158 valence electrons. The minimum atomic E-state index is -0.446. The first kappa shape index (κ1) is 21.8. The quantitative estimate of drug-likeness (QED) is 0.516. The molecule has 0 spiro atoms. The van der Waals surface area contributed by atoms with Gasteiger partial charge in [-0.3, -0.25) is 4.98 Å². The van der Waals surface area contributed by atoms with Crippen molar-refractivity contribution in [2.24, 2.45) is 0 Å². The minimum Gasteiger partial charge on any atom is -0.408 e. The monoisotopic (exact) mass is 405 g/mol. The summed E-state index contributed by atoms with van der Waals surface area (Å²) in [7, 11) is 0. The highest BCUT2D eigenvalue weighted by Gasteiger charge is 2.14. The topological polar surface area (TPSA) is 54.5 Å². The van der Waals surface area contributed by atoms with Gasteiger partial charge in [0, 0.05) is 29.4 Å². The van der Waals surface area contributed by atoms with E-state index >= 15 is 0 Å². The number of benzene rings is 2. The first-order chi connectivity index (χ1) is 14.6. The number of carbonyl (C=O) groups is 1. The Kier molecular flexibility index (Phi) is 7.80. The molecule has 0 fully saturated rings. The number of nitrogens with one attached hydrogen (secondary N) is 1. The van der Waals surface area contributed by atoms with Crippen molar-refractivity contribution in [3.05, 3.63) is 60.3 Å². The van der Waals surface area contributed by atoms with Crippen molar-refractivity contribution in [3.63, 3.8) is 0 Å². The summed E-state index contributed by atoms with van der Waals surface area (Å²) in [5.41, 5.74) is 3.13. The molecule has 0 aliphatic heterocycles. The van der Waals surface area contributed by atoms with Gasteiger partial charge < -0.3 is 15.0 Å². The number of ether oxygens (including phenoxy) is 1. The molecule has 1 amide bonds. The number of nitrogens with zero attached hydrogens (tertiary/aromatic N) is 2. The molecule has 0 radical (unpaired) electrons. The van der Waals surface area contributed by atoms with Gasteiger partial charge in [-0.15, -0.1) is 0 Å². The Hall–Kier alpha value is -2.92. The third-order valence-corrected chi connectivity index (χ3v) is 5.14. The van der Waals surface area contributed by atoms with Gasteiger partial charge in [0.05, 0.1) is 11.9 Å². The van der Waals surface area contributed by atoms with Gasteiger partial charge in [-0.25, -0.2) is 4.79 Å². The number of hydrogen-bond donors (Lipinski definition) is 1. The number of aromatic nitrogens is 1. The molecule has 2 aromatic carbocycles. The Balaban J connectivity index is 1.74. The molecule has 0 saturated heterocycles. The van der Waals surface area contributed by atoms with Crippen molar-refractivity contribution in [2.45, 2.75) is 33.6 Å². The lowest BCUT2D eigenvalue weighted by molar-refractivity contribution is 0.197. The van der Waals surface area contributed by atoms with E-state index in [4.69, 9.17) is 4.74 Å². The van der Waals surface area contributed by atoms with Crippen LogP contribution < -0.4 is 10.1 Å². The van der Waals surface area contributed by atoms with E-state index in [0.717, 1.165) is 60.1 Å². The summed E-state index contributed by atoms with van der Waals surface area (Å²) in [4.78, 5) is 19.4. The van der Waals surface area contributed by atoms with E-state index in [1.54, 1.807) is 6.20 Å². The van der Waals surface area contributed by atoms with Gasteiger partial charge in [-0.2, -0.15) is 0 Å². The van der Waals surface area contributed by atoms with Crippen LogP contribution in [-0.2, 0) is 0 Å². The summed E-state index contributed by atoms with van der Waals surface area (Å²) >= 11 is 0. The fraction of sp³-hybridized carbons (Fsp3) is 0.360. The van der Waals surface area contributed by atoms with Crippen LogP contribution in [0.4, 0.5) is 4.79 Å². The smallest absolute Gasteiger partial charge is 0.408 e. The van der Waals surface area contributed by atoms with Crippen LogP contribution in [0, 0.1) is 6.92 Å². The zero-order chi connectivity index (χ0) is 21.3. The molecule has 30 heavy (non-hydrogen) atoms. The maximum atomic E-state index is 12.4. The summed E-state index contributed by atoms with van der Waals surface area (Å²) < 4.78 is 5.62. The standard InChI is InChI=1S/C25H31N3O2/c1-4-15-28(16-5-2)17-14-26-25(29)30-23-18-27-24(20-11-7-6-10-19(20)3)22-13-9-8-12-21(22)23/h6-13,18H,4-5,14-17H2,1-3H3,(H,26,29). The van der Waals surface area contributed by atoms with Crippen LogP contribution in [-0.4, -0.2) is 42.2 Å². The van der Waals surface area contributed by atoms with Crippen LogP contribution in [0.1, 0.15) is 32.3 Å². The second kappa shape index (κ2) is 10.7. The Bertz CT molecular complexity index is 981. The van der Waals surface area contributed by atoms with E-state index in [2.05, 4.69) is 48.1 Å². The molecule has 3 aromatic rings. The van der Waals surface area contributed by atoms with Crippen molar-refractivity contribution in [1.29, 1.82) is 0 Å². The van der Waals surface area contributed by atoms with Gasteiger partial charge in [0.25, 0.3) is 0 Å². The lowest BCUT2D eigenvalue weighted by Crippen LogP contribution is -2.37. The second-order valence-corrected chi connectivity index (χ2v) is 7.49. The van der Waals surface area contributed by atoms with E-state index in [0.29, 0.717) is 12.3 Å². The van der Waals surface area contributed by atoms with E-state index in [9.17, 15) is 4.79 Å². The zero-order valence-corrected chi connectivity index (χ0v) is 18.1. The fourth-order valence-electron chi connectivity index (χ4n) is 3.72. The van der Waals surface area contributed by atoms with Crippen molar-refractivity contribution < 1.29 is 9.53 Å². The molecule has 0 bridgehead atoms. The van der Waals surface area contributed by atoms with Crippen molar-refractivity contribution in [3.8, 4) is 17.0 Å². The molecule has 5 heteroatoms. The minimum absolute atomic E-state index is 0.446. The molecule has 1 N–H and O–H groups in total. The molecule has 0 saturated carbocycles. The molecule has 1 heterocycles. The normalized spacial score (nSPS) is 11.1. The molecule has 3 rings (SSSR count). The molecular weight excluding hydrogens is 374 g/mol. The largest absolute Gasteiger partial charge is 0.412 e. The van der Waals surface area contributed by atoms with Crippen LogP contribution >= 0.6 is 0 Å². The molecule has 0 unspecified atom stereocenters. The number of rotatable bonds is 9. The highest BCUT2D eigenvalue weighted by Crippen LogP contribution is 2.33. The van der Waals surface area contributed by atoms with E-state index in [-0.39, 0.29) is 0 Å². The highest BCUT2D eigenvalue weighted by molar-refractivity contribution is 5.99. The summed E-state index contributed by atoms with van der Waals surface area (Å²) in [6, 6.07) is 16.1. The third kappa shape index (κ3) is 5.36. The first-order valence-corrected chi connectivity index (χ1v) is 10.8. The third-order valence-electron chi connectivity index (χ3n) is 5.14. The van der Waals surface area contributed by atoms with Crippen LogP contribution in [0.15, 0.2) is 54.7 Å². The molecule has 0 atom stereocenters. The van der Waals surface area contributed by atoms with Gasteiger partial charge in [-0.1, -0.05) is 62.4 Å². The van der Waals surface area contributed by atoms with Gasteiger partial charge in [0.15, 0.2) is 5.75 Å². The Morgan fingerprint density at radius 1 is 0.967 bits per heavy atom. The number of hydrogen-bond acceptors (Lipinski definition) is 4.